The molecule has 1 spiro atoms. The van der Waals surface area contributed by atoms with Crippen molar-refractivity contribution in [2.75, 3.05) is 19.6 Å². The van der Waals surface area contributed by atoms with Crippen molar-refractivity contribution in [1.82, 2.24) is 4.90 Å². The fraction of sp³-hybridized carbons (Fsp3) is 1.00. The quantitative estimate of drug-likeness (QED) is 0.709. The number of halogens is 3. The van der Waals surface area contributed by atoms with Crippen molar-refractivity contribution < 1.29 is 13.2 Å². The molecular formula is C12H20F3N. The molecule has 1 aliphatic carbocycles. The molecule has 1 saturated carbocycles. The number of hydrogen-bond acceptors (Lipinski definition) is 1. The number of likely N-dealkylation sites (tertiary alicyclic amines) is 1. The molecular weight excluding hydrogens is 215 g/mol. The topological polar surface area (TPSA) is 3.24 Å². The van der Waals surface area contributed by atoms with Crippen LogP contribution in [0.15, 0.2) is 0 Å². The second-order valence-electron chi connectivity index (χ2n) is 6.42. The molecule has 0 N–H and O–H groups in total. The third kappa shape index (κ3) is 2.08. The minimum Gasteiger partial charge on any atom is -0.294 e. The first-order chi connectivity index (χ1) is 7.14. The first-order valence-electron chi connectivity index (χ1n) is 5.93. The highest BCUT2D eigenvalue weighted by atomic mass is 19.4. The Hall–Kier alpha value is -0.250. The van der Waals surface area contributed by atoms with E-state index in [9.17, 15) is 13.2 Å². The zero-order valence-corrected chi connectivity index (χ0v) is 10.2. The van der Waals surface area contributed by atoms with Gasteiger partial charge in [0.2, 0.25) is 0 Å². The summed E-state index contributed by atoms with van der Waals surface area (Å²) in [6.45, 7) is 7.24. The van der Waals surface area contributed by atoms with E-state index in [1.165, 1.54) is 4.90 Å². The molecule has 0 unspecified atom stereocenters. The molecule has 1 aliphatic heterocycles. The molecule has 94 valence electrons. The summed E-state index contributed by atoms with van der Waals surface area (Å²) in [6.07, 6.45) is -1.83. The minimum absolute atomic E-state index is 0.226. The Morgan fingerprint density at radius 2 is 1.69 bits per heavy atom. The van der Waals surface area contributed by atoms with E-state index in [0.29, 0.717) is 24.4 Å². The van der Waals surface area contributed by atoms with Crippen LogP contribution in [0.4, 0.5) is 13.2 Å². The highest BCUT2D eigenvalue weighted by Gasteiger charge is 2.59. The van der Waals surface area contributed by atoms with E-state index in [1.54, 1.807) is 0 Å². The summed E-state index contributed by atoms with van der Waals surface area (Å²) in [5, 5.41) is 0. The van der Waals surface area contributed by atoms with E-state index in [1.807, 2.05) is 0 Å². The van der Waals surface area contributed by atoms with Crippen molar-refractivity contribution in [3.8, 4) is 0 Å². The maximum atomic E-state index is 12.1. The molecule has 0 aromatic heterocycles. The molecule has 1 heterocycles. The van der Waals surface area contributed by atoms with Gasteiger partial charge in [-0.15, -0.1) is 0 Å². The predicted molar refractivity (Wildman–Crippen MR) is 57.1 cm³/mol. The zero-order valence-electron chi connectivity index (χ0n) is 10.2. The fourth-order valence-electron chi connectivity index (χ4n) is 3.56. The summed E-state index contributed by atoms with van der Waals surface area (Å²) < 4.78 is 36.4. The summed E-state index contributed by atoms with van der Waals surface area (Å²) in [6, 6.07) is 0. The van der Waals surface area contributed by atoms with Crippen LogP contribution >= 0.6 is 0 Å². The van der Waals surface area contributed by atoms with E-state index in [-0.39, 0.29) is 5.41 Å². The summed E-state index contributed by atoms with van der Waals surface area (Å²) in [7, 11) is 0. The number of rotatable bonds is 2. The van der Waals surface area contributed by atoms with Gasteiger partial charge < -0.3 is 0 Å². The van der Waals surface area contributed by atoms with Crippen molar-refractivity contribution in [3.05, 3.63) is 0 Å². The van der Waals surface area contributed by atoms with Gasteiger partial charge in [0.05, 0.1) is 6.54 Å². The van der Waals surface area contributed by atoms with Crippen LogP contribution in [0.2, 0.25) is 0 Å². The molecule has 0 aromatic rings. The van der Waals surface area contributed by atoms with Gasteiger partial charge in [-0.25, -0.2) is 0 Å². The smallest absolute Gasteiger partial charge is 0.294 e. The first-order valence-corrected chi connectivity index (χ1v) is 5.93. The van der Waals surface area contributed by atoms with Crippen LogP contribution < -0.4 is 0 Å². The Bertz CT molecular complexity index is 268. The Kier molecular flexibility index (Phi) is 2.58. The van der Waals surface area contributed by atoms with Crippen LogP contribution in [0.1, 0.15) is 33.6 Å². The second kappa shape index (κ2) is 3.37. The normalized spacial score (nSPS) is 27.9. The third-order valence-electron chi connectivity index (χ3n) is 4.47. The zero-order chi connectivity index (χ0) is 12.2. The fourth-order valence-corrected chi connectivity index (χ4v) is 3.56. The molecule has 2 rings (SSSR count). The molecule has 2 fully saturated rings. The van der Waals surface area contributed by atoms with Crippen molar-refractivity contribution in [3.63, 3.8) is 0 Å². The lowest BCUT2D eigenvalue weighted by molar-refractivity contribution is -0.204. The average Bonchev–Trinajstić information content (AvgIpc) is 1.94. The molecule has 0 aromatic carbocycles. The van der Waals surface area contributed by atoms with E-state index >= 15 is 0 Å². The Morgan fingerprint density at radius 3 is 2.06 bits per heavy atom. The Balaban J connectivity index is 1.79. The molecule has 0 bridgehead atoms. The van der Waals surface area contributed by atoms with Gasteiger partial charge in [-0.2, -0.15) is 13.2 Å². The largest absolute Gasteiger partial charge is 0.401 e. The highest BCUT2D eigenvalue weighted by molar-refractivity contribution is 5.10. The number of alkyl halides is 3. The third-order valence-corrected chi connectivity index (χ3v) is 4.47. The van der Waals surface area contributed by atoms with Gasteiger partial charge in [0, 0.05) is 13.1 Å². The van der Waals surface area contributed by atoms with Crippen molar-refractivity contribution in [1.29, 1.82) is 0 Å². The van der Waals surface area contributed by atoms with Crippen LogP contribution in [-0.4, -0.2) is 30.7 Å². The summed E-state index contributed by atoms with van der Waals surface area (Å²) >= 11 is 0. The molecule has 0 radical (unpaired) electrons. The van der Waals surface area contributed by atoms with Gasteiger partial charge in [0.15, 0.2) is 0 Å². The standard InChI is InChI=1S/C12H20F3N/c1-9(2)10(3)4-11(5-10)6-16(7-11)8-12(13,14)15/h9H,4-8H2,1-3H3. The van der Waals surface area contributed by atoms with Gasteiger partial charge in [-0.1, -0.05) is 20.8 Å². The van der Waals surface area contributed by atoms with Crippen LogP contribution in [0.5, 0.6) is 0 Å². The lowest BCUT2D eigenvalue weighted by atomic mass is 9.47. The second-order valence-corrected chi connectivity index (χ2v) is 6.42. The summed E-state index contributed by atoms with van der Waals surface area (Å²) in [4.78, 5) is 1.53. The molecule has 2 aliphatic rings. The van der Waals surface area contributed by atoms with Gasteiger partial charge in [0.1, 0.15) is 0 Å². The van der Waals surface area contributed by atoms with Gasteiger partial charge in [-0.3, -0.25) is 4.90 Å². The van der Waals surface area contributed by atoms with Gasteiger partial charge in [0.25, 0.3) is 0 Å². The Labute approximate surface area is 95.0 Å². The van der Waals surface area contributed by atoms with E-state index < -0.39 is 12.7 Å². The van der Waals surface area contributed by atoms with Crippen LogP contribution in [0.3, 0.4) is 0 Å². The van der Waals surface area contributed by atoms with Gasteiger partial charge >= 0.3 is 6.18 Å². The maximum Gasteiger partial charge on any atom is 0.401 e. The average molecular weight is 235 g/mol. The van der Waals surface area contributed by atoms with E-state index in [4.69, 9.17) is 0 Å². The lowest BCUT2D eigenvalue weighted by Crippen LogP contribution is -2.66. The van der Waals surface area contributed by atoms with Crippen molar-refractivity contribution in [2.45, 2.75) is 39.8 Å². The SMILES string of the molecule is CC(C)C1(C)CC2(CN(CC(F)(F)F)C2)C1. The van der Waals surface area contributed by atoms with Crippen LogP contribution in [-0.2, 0) is 0 Å². The number of nitrogens with zero attached hydrogens (tertiary/aromatic N) is 1. The first kappa shape index (κ1) is 12.2. The highest BCUT2D eigenvalue weighted by Crippen LogP contribution is 2.61. The Morgan fingerprint density at radius 1 is 1.19 bits per heavy atom. The predicted octanol–water partition coefficient (Wildman–Crippen LogP) is 3.31. The maximum absolute atomic E-state index is 12.1. The molecule has 1 saturated heterocycles. The molecule has 16 heavy (non-hydrogen) atoms. The van der Waals surface area contributed by atoms with Crippen LogP contribution in [0, 0.1) is 16.7 Å². The molecule has 4 heteroatoms. The monoisotopic (exact) mass is 235 g/mol. The summed E-state index contributed by atoms with van der Waals surface area (Å²) in [5.74, 6) is 0.634. The summed E-state index contributed by atoms with van der Waals surface area (Å²) in [5.41, 5.74) is 0.592. The van der Waals surface area contributed by atoms with E-state index in [2.05, 4.69) is 20.8 Å². The molecule has 0 atom stereocenters. The lowest BCUT2D eigenvalue weighted by Gasteiger charge is -2.65. The van der Waals surface area contributed by atoms with Gasteiger partial charge in [-0.05, 0) is 29.6 Å². The molecule has 1 nitrogen and oxygen atoms in total. The number of hydrogen-bond donors (Lipinski definition) is 0. The molecule has 0 amide bonds. The van der Waals surface area contributed by atoms with Crippen molar-refractivity contribution >= 4 is 0 Å². The minimum atomic E-state index is -4.04. The van der Waals surface area contributed by atoms with Crippen LogP contribution in [0.25, 0.3) is 0 Å². The van der Waals surface area contributed by atoms with E-state index in [0.717, 1.165) is 12.8 Å². The van der Waals surface area contributed by atoms with Crippen molar-refractivity contribution in [2.24, 2.45) is 16.7 Å².